The van der Waals surface area contributed by atoms with Crippen LogP contribution >= 0.6 is 27.3 Å². The Morgan fingerprint density at radius 3 is 3.00 bits per heavy atom. The van der Waals surface area contributed by atoms with Crippen molar-refractivity contribution in [2.24, 2.45) is 0 Å². The van der Waals surface area contributed by atoms with Gasteiger partial charge in [-0.3, -0.25) is 4.79 Å². The molecule has 0 spiro atoms. The van der Waals surface area contributed by atoms with Gasteiger partial charge in [0, 0.05) is 11.3 Å². The normalized spacial score (nSPS) is 9.70. The van der Waals surface area contributed by atoms with Gasteiger partial charge < -0.3 is 0 Å². The first kappa shape index (κ1) is 7.95. The van der Waals surface area contributed by atoms with E-state index in [9.17, 15) is 4.79 Å². The van der Waals surface area contributed by atoms with Gasteiger partial charge in [-0.25, -0.2) is 0 Å². The Morgan fingerprint density at radius 2 is 2.50 bits per heavy atom. The summed E-state index contributed by atoms with van der Waals surface area (Å²) in [6.07, 6.45) is 0.572. The van der Waals surface area contributed by atoms with Gasteiger partial charge in [0.2, 0.25) is 0 Å². The molecule has 1 nitrogen and oxygen atoms in total. The Kier molecular flexibility index (Phi) is 3.09. The van der Waals surface area contributed by atoms with Gasteiger partial charge in [0.25, 0.3) is 0 Å². The predicted molar refractivity (Wildman–Crippen MR) is 46.8 cm³/mol. The molecule has 0 saturated carbocycles. The fraction of sp³-hybridized carbons (Fsp3) is 0.286. The summed E-state index contributed by atoms with van der Waals surface area (Å²) >= 11 is 4.74. The van der Waals surface area contributed by atoms with Crippen LogP contribution in [0.2, 0.25) is 0 Å². The largest absolute Gasteiger partial charge is 0.298 e. The minimum atomic E-state index is 0.238. The summed E-state index contributed by atoms with van der Waals surface area (Å²) in [6, 6.07) is 3.94. The number of carbonyl (C=O) groups excluding carboxylic acids is 1. The highest BCUT2D eigenvalue weighted by atomic mass is 79.9. The van der Waals surface area contributed by atoms with Gasteiger partial charge in [0.05, 0.1) is 5.33 Å². The van der Waals surface area contributed by atoms with Gasteiger partial charge in [-0.15, -0.1) is 11.3 Å². The maximum atomic E-state index is 10.8. The second kappa shape index (κ2) is 3.88. The molecule has 0 fully saturated rings. The third-order valence-electron chi connectivity index (χ3n) is 1.10. The van der Waals surface area contributed by atoms with E-state index in [0.29, 0.717) is 11.8 Å². The average Bonchev–Trinajstić information content (AvgIpc) is 2.40. The lowest BCUT2D eigenvalue weighted by Gasteiger charge is -1.89. The molecule has 0 saturated heterocycles. The number of thiophene rings is 1. The Balaban J connectivity index is 2.48. The summed E-state index contributed by atoms with van der Waals surface area (Å²) in [5, 5.41) is 2.45. The van der Waals surface area contributed by atoms with Gasteiger partial charge in [-0.05, 0) is 11.4 Å². The zero-order valence-corrected chi connectivity index (χ0v) is 7.74. The Labute approximate surface area is 72.2 Å². The average molecular weight is 219 g/mol. The SMILES string of the molecule is O=C(CBr)Cc1cccs1. The Hall–Kier alpha value is -0.150. The molecule has 0 N–H and O–H groups in total. The van der Waals surface area contributed by atoms with Crippen molar-refractivity contribution in [2.45, 2.75) is 6.42 Å². The molecule has 0 aliphatic heterocycles. The van der Waals surface area contributed by atoms with Crippen molar-refractivity contribution in [1.82, 2.24) is 0 Å². The molecule has 0 amide bonds. The minimum absolute atomic E-state index is 0.238. The number of alkyl halides is 1. The predicted octanol–water partition coefficient (Wildman–Crippen LogP) is 2.25. The molecular weight excluding hydrogens is 212 g/mol. The third-order valence-corrected chi connectivity index (χ3v) is 2.60. The van der Waals surface area contributed by atoms with Crippen LogP contribution in [0.25, 0.3) is 0 Å². The Morgan fingerprint density at radius 1 is 1.70 bits per heavy atom. The highest BCUT2D eigenvalue weighted by Crippen LogP contribution is 2.09. The second-order valence-electron chi connectivity index (χ2n) is 1.93. The minimum Gasteiger partial charge on any atom is -0.298 e. The van der Waals surface area contributed by atoms with Crippen LogP contribution < -0.4 is 0 Å². The number of hydrogen-bond acceptors (Lipinski definition) is 2. The van der Waals surface area contributed by atoms with Crippen molar-refractivity contribution in [2.75, 3.05) is 5.33 Å². The Bertz CT molecular complexity index is 205. The zero-order valence-electron chi connectivity index (χ0n) is 5.34. The molecule has 1 aromatic heterocycles. The van der Waals surface area contributed by atoms with E-state index < -0.39 is 0 Å². The van der Waals surface area contributed by atoms with Gasteiger partial charge in [0.15, 0.2) is 0 Å². The molecule has 3 heteroatoms. The maximum absolute atomic E-state index is 10.8. The molecule has 0 aromatic carbocycles. The van der Waals surface area contributed by atoms with E-state index in [-0.39, 0.29) is 5.78 Å². The molecule has 0 aliphatic carbocycles. The first-order valence-electron chi connectivity index (χ1n) is 2.93. The van der Waals surface area contributed by atoms with Crippen molar-refractivity contribution in [3.05, 3.63) is 22.4 Å². The van der Waals surface area contributed by atoms with Gasteiger partial charge in [-0.1, -0.05) is 22.0 Å². The van der Waals surface area contributed by atoms with Crippen molar-refractivity contribution >= 4 is 33.0 Å². The topological polar surface area (TPSA) is 17.1 Å². The number of carbonyl (C=O) groups is 1. The summed E-state index contributed by atoms with van der Waals surface area (Å²) in [5.41, 5.74) is 0. The van der Waals surface area contributed by atoms with Gasteiger partial charge in [-0.2, -0.15) is 0 Å². The van der Waals surface area contributed by atoms with Crippen LogP contribution in [-0.4, -0.2) is 11.1 Å². The van der Waals surface area contributed by atoms with Gasteiger partial charge >= 0.3 is 0 Å². The van der Waals surface area contributed by atoms with Crippen LogP contribution in [0.15, 0.2) is 17.5 Å². The van der Waals surface area contributed by atoms with Crippen LogP contribution in [-0.2, 0) is 11.2 Å². The monoisotopic (exact) mass is 218 g/mol. The molecule has 0 bridgehead atoms. The van der Waals surface area contributed by atoms with Crippen LogP contribution in [0.1, 0.15) is 4.88 Å². The molecule has 10 heavy (non-hydrogen) atoms. The lowest BCUT2D eigenvalue weighted by Crippen LogP contribution is -2.01. The summed E-state index contributed by atoms with van der Waals surface area (Å²) in [5.74, 6) is 0.238. The highest BCUT2D eigenvalue weighted by Gasteiger charge is 2.00. The van der Waals surface area contributed by atoms with E-state index in [1.165, 1.54) is 0 Å². The van der Waals surface area contributed by atoms with Crippen molar-refractivity contribution in [3.63, 3.8) is 0 Å². The first-order chi connectivity index (χ1) is 4.83. The third kappa shape index (κ3) is 2.23. The van der Waals surface area contributed by atoms with E-state index in [2.05, 4.69) is 15.9 Å². The number of Topliss-reactive ketones (excluding diaryl/α,β-unsaturated/α-hetero) is 1. The van der Waals surface area contributed by atoms with Crippen LogP contribution in [0.4, 0.5) is 0 Å². The lowest BCUT2D eigenvalue weighted by molar-refractivity contribution is -0.115. The highest BCUT2D eigenvalue weighted by molar-refractivity contribution is 9.09. The number of halogens is 1. The molecular formula is C7H7BrOS. The molecule has 1 heterocycles. The van der Waals surface area contributed by atoms with Crippen LogP contribution in [0, 0.1) is 0 Å². The standard InChI is InChI=1S/C7H7BrOS/c8-5-6(9)4-7-2-1-3-10-7/h1-3H,4-5H2. The molecule has 54 valence electrons. The van der Waals surface area contributed by atoms with E-state index in [4.69, 9.17) is 0 Å². The molecule has 1 rings (SSSR count). The van der Waals surface area contributed by atoms with Crippen LogP contribution in [0.3, 0.4) is 0 Å². The number of rotatable bonds is 3. The smallest absolute Gasteiger partial charge is 0.148 e. The van der Waals surface area contributed by atoms with E-state index in [1.807, 2.05) is 17.5 Å². The first-order valence-corrected chi connectivity index (χ1v) is 4.93. The molecule has 1 aromatic rings. The van der Waals surface area contributed by atoms with E-state index in [0.717, 1.165) is 4.88 Å². The number of ketones is 1. The fourth-order valence-electron chi connectivity index (χ4n) is 0.655. The quantitative estimate of drug-likeness (QED) is 0.712. The molecule has 0 radical (unpaired) electrons. The van der Waals surface area contributed by atoms with Crippen molar-refractivity contribution in [1.29, 1.82) is 0 Å². The summed E-state index contributed by atoms with van der Waals surface area (Å²) < 4.78 is 0. The van der Waals surface area contributed by atoms with E-state index >= 15 is 0 Å². The summed E-state index contributed by atoms with van der Waals surface area (Å²) in [4.78, 5) is 12.0. The van der Waals surface area contributed by atoms with Gasteiger partial charge in [0.1, 0.15) is 5.78 Å². The number of hydrogen-bond donors (Lipinski definition) is 0. The van der Waals surface area contributed by atoms with Crippen molar-refractivity contribution < 1.29 is 4.79 Å². The van der Waals surface area contributed by atoms with Crippen molar-refractivity contribution in [3.8, 4) is 0 Å². The fourth-order valence-corrected chi connectivity index (χ4v) is 1.59. The molecule has 0 unspecified atom stereocenters. The van der Waals surface area contributed by atoms with E-state index in [1.54, 1.807) is 11.3 Å². The lowest BCUT2D eigenvalue weighted by atomic mass is 10.3. The maximum Gasteiger partial charge on any atom is 0.148 e. The zero-order chi connectivity index (χ0) is 7.40. The summed E-state index contributed by atoms with van der Waals surface area (Å²) in [7, 11) is 0. The second-order valence-corrected chi connectivity index (χ2v) is 3.52. The molecule has 0 atom stereocenters. The molecule has 0 aliphatic rings. The van der Waals surface area contributed by atoms with Crippen LogP contribution in [0.5, 0.6) is 0 Å². The summed E-state index contributed by atoms with van der Waals surface area (Å²) in [6.45, 7) is 0.